The van der Waals surface area contributed by atoms with Gasteiger partial charge < -0.3 is 15.2 Å². The van der Waals surface area contributed by atoms with Crippen molar-refractivity contribution < 1.29 is 24.4 Å². The van der Waals surface area contributed by atoms with Gasteiger partial charge in [-0.25, -0.2) is 4.79 Å². The molecule has 2 N–H and O–H groups in total. The van der Waals surface area contributed by atoms with Gasteiger partial charge in [0.1, 0.15) is 5.75 Å². The van der Waals surface area contributed by atoms with E-state index in [9.17, 15) is 19.7 Å². The first-order valence-electron chi connectivity index (χ1n) is 6.88. The van der Waals surface area contributed by atoms with Gasteiger partial charge in [0, 0.05) is 17.3 Å². The van der Waals surface area contributed by atoms with Crippen molar-refractivity contribution in [3.63, 3.8) is 0 Å². The normalized spacial score (nSPS) is 10.0. The molecular weight excluding hydrogens is 316 g/mol. The first kappa shape index (κ1) is 16.9. The van der Waals surface area contributed by atoms with Crippen LogP contribution in [0.25, 0.3) is 0 Å². The number of carboxylic acids is 1. The molecule has 0 saturated heterocycles. The van der Waals surface area contributed by atoms with E-state index in [1.807, 2.05) is 0 Å². The zero-order valence-corrected chi connectivity index (χ0v) is 12.7. The summed E-state index contributed by atoms with van der Waals surface area (Å²) in [7, 11) is 0. The smallest absolute Gasteiger partial charge is 0.335 e. The molecule has 0 radical (unpaired) electrons. The largest absolute Gasteiger partial charge is 0.484 e. The van der Waals surface area contributed by atoms with Crippen LogP contribution in [0.5, 0.6) is 5.75 Å². The van der Waals surface area contributed by atoms with E-state index in [0.717, 1.165) is 0 Å². The predicted molar refractivity (Wildman–Crippen MR) is 85.4 cm³/mol. The fourth-order valence-corrected chi connectivity index (χ4v) is 1.96. The van der Waals surface area contributed by atoms with Crippen LogP contribution < -0.4 is 10.1 Å². The van der Waals surface area contributed by atoms with Gasteiger partial charge in [-0.1, -0.05) is 0 Å². The molecule has 2 rings (SSSR count). The zero-order valence-electron chi connectivity index (χ0n) is 12.7. The van der Waals surface area contributed by atoms with E-state index < -0.39 is 16.8 Å². The Bertz CT molecular complexity index is 786. The highest BCUT2D eigenvalue weighted by molar-refractivity contribution is 5.93. The third-order valence-corrected chi connectivity index (χ3v) is 3.15. The predicted octanol–water partition coefficient (Wildman–Crippen LogP) is 2.62. The lowest BCUT2D eigenvalue weighted by molar-refractivity contribution is -0.385. The van der Waals surface area contributed by atoms with Gasteiger partial charge >= 0.3 is 5.97 Å². The Morgan fingerprint density at radius 2 is 1.88 bits per heavy atom. The van der Waals surface area contributed by atoms with Crippen LogP contribution >= 0.6 is 0 Å². The Kier molecular flexibility index (Phi) is 5.10. The molecule has 0 aliphatic heterocycles. The van der Waals surface area contributed by atoms with Crippen LogP contribution in [0.3, 0.4) is 0 Å². The molecule has 0 saturated carbocycles. The zero-order chi connectivity index (χ0) is 17.7. The summed E-state index contributed by atoms with van der Waals surface area (Å²) in [6, 6.07) is 9.89. The van der Waals surface area contributed by atoms with Crippen LogP contribution in [0.1, 0.15) is 15.9 Å². The number of aryl methyl sites for hydroxylation is 1. The fraction of sp³-hybridized carbons (Fsp3) is 0.125. The Morgan fingerprint density at radius 3 is 2.42 bits per heavy atom. The number of nitro benzene ring substituents is 1. The third kappa shape index (κ3) is 4.29. The van der Waals surface area contributed by atoms with E-state index in [1.165, 1.54) is 42.5 Å². The van der Waals surface area contributed by atoms with E-state index in [-0.39, 0.29) is 17.9 Å². The van der Waals surface area contributed by atoms with Gasteiger partial charge in [0.15, 0.2) is 6.61 Å². The van der Waals surface area contributed by atoms with Crippen LogP contribution in [0.15, 0.2) is 42.5 Å². The molecule has 8 nitrogen and oxygen atoms in total. The van der Waals surface area contributed by atoms with Gasteiger partial charge in [-0.15, -0.1) is 0 Å². The summed E-state index contributed by atoms with van der Waals surface area (Å²) in [6.07, 6.45) is 0. The molecule has 124 valence electrons. The molecular formula is C16H14N2O6. The monoisotopic (exact) mass is 330 g/mol. The first-order valence-corrected chi connectivity index (χ1v) is 6.88. The number of anilines is 1. The van der Waals surface area contributed by atoms with Crippen molar-refractivity contribution in [2.45, 2.75) is 6.92 Å². The summed E-state index contributed by atoms with van der Waals surface area (Å²) in [6.45, 7) is 1.30. The number of aromatic carboxylic acids is 1. The maximum absolute atomic E-state index is 11.8. The topological polar surface area (TPSA) is 119 Å². The molecule has 0 heterocycles. The molecule has 0 unspecified atom stereocenters. The van der Waals surface area contributed by atoms with E-state index in [2.05, 4.69) is 5.32 Å². The third-order valence-electron chi connectivity index (χ3n) is 3.15. The minimum Gasteiger partial charge on any atom is -0.484 e. The average molecular weight is 330 g/mol. The van der Waals surface area contributed by atoms with Crippen molar-refractivity contribution in [1.82, 2.24) is 0 Å². The summed E-state index contributed by atoms with van der Waals surface area (Å²) < 4.78 is 5.29. The number of nitrogens with zero attached hydrogens (tertiary/aromatic N) is 1. The molecule has 0 atom stereocenters. The number of ether oxygens (including phenoxy) is 1. The quantitative estimate of drug-likeness (QED) is 0.621. The molecule has 0 fully saturated rings. The second-order valence-corrected chi connectivity index (χ2v) is 4.92. The number of benzene rings is 2. The average Bonchev–Trinajstić information content (AvgIpc) is 2.53. The van der Waals surface area contributed by atoms with Crippen LogP contribution in [0.2, 0.25) is 0 Å². The summed E-state index contributed by atoms with van der Waals surface area (Å²) in [5.74, 6) is -1.15. The SMILES string of the molecule is Cc1cc(OCC(=O)Nc2ccc(C(=O)O)cc2)ccc1[N+](=O)[O-]. The van der Waals surface area contributed by atoms with E-state index >= 15 is 0 Å². The van der Waals surface area contributed by atoms with Gasteiger partial charge in [0.2, 0.25) is 0 Å². The summed E-state index contributed by atoms with van der Waals surface area (Å²) in [4.78, 5) is 32.8. The van der Waals surface area contributed by atoms with Crippen molar-refractivity contribution in [3.8, 4) is 5.75 Å². The lowest BCUT2D eigenvalue weighted by Crippen LogP contribution is -2.20. The lowest BCUT2D eigenvalue weighted by Gasteiger charge is -2.08. The van der Waals surface area contributed by atoms with Gasteiger partial charge in [0.05, 0.1) is 10.5 Å². The van der Waals surface area contributed by atoms with Gasteiger partial charge in [-0.05, 0) is 43.3 Å². The lowest BCUT2D eigenvalue weighted by atomic mass is 10.2. The molecule has 2 aromatic carbocycles. The summed E-state index contributed by atoms with van der Waals surface area (Å²) in [5, 5.41) is 22.1. The molecule has 1 amide bonds. The van der Waals surface area contributed by atoms with Crippen LogP contribution in [-0.4, -0.2) is 28.5 Å². The Morgan fingerprint density at radius 1 is 1.21 bits per heavy atom. The standard InChI is InChI=1S/C16H14N2O6/c1-10-8-13(6-7-14(10)18(22)23)24-9-15(19)17-12-4-2-11(3-5-12)16(20)21/h2-8H,9H2,1H3,(H,17,19)(H,20,21). The van der Waals surface area contributed by atoms with Crippen LogP contribution in [0, 0.1) is 17.0 Å². The minimum atomic E-state index is -1.05. The maximum atomic E-state index is 11.8. The first-order chi connectivity index (χ1) is 11.4. The molecule has 2 aromatic rings. The number of rotatable bonds is 6. The highest BCUT2D eigenvalue weighted by atomic mass is 16.6. The fourth-order valence-electron chi connectivity index (χ4n) is 1.96. The van der Waals surface area contributed by atoms with Crippen LogP contribution in [0.4, 0.5) is 11.4 Å². The molecule has 0 aliphatic carbocycles. The van der Waals surface area contributed by atoms with Crippen molar-refractivity contribution >= 4 is 23.3 Å². The molecule has 0 bridgehead atoms. The number of carbonyl (C=O) groups excluding carboxylic acids is 1. The van der Waals surface area contributed by atoms with Gasteiger partial charge in [-0.2, -0.15) is 0 Å². The van der Waals surface area contributed by atoms with Crippen LogP contribution in [-0.2, 0) is 4.79 Å². The number of hydrogen-bond donors (Lipinski definition) is 2. The molecule has 24 heavy (non-hydrogen) atoms. The number of carbonyl (C=O) groups is 2. The molecule has 0 aromatic heterocycles. The van der Waals surface area contributed by atoms with E-state index in [0.29, 0.717) is 17.0 Å². The highest BCUT2D eigenvalue weighted by Crippen LogP contribution is 2.23. The molecule has 8 heteroatoms. The number of hydrogen-bond acceptors (Lipinski definition) is 5. The molecule has 0 spiro atoms. The number of nitro groups is 1. The summed E-state index contributed by atoms with van der Waals surface area (Å²) >= 11 is 0. The molecule has 0 aliphatic rings. The summed E-state index contributed by atoms with van der Waals surface area (Å²) in [5.41, 5.74) is 0.964. The van der Waals surface area contributed by atoms with Crippen molar-refractivity contribution in [2.24, 2.45) is 0 Å². The van der Waals surface area contributed by atoms with Gasteiger partial charge in [-0.3, -0.25) is 14.9 Å². The van der Waals surface area contributed by atoms with E-state index in [1.54, 1.807) is 6.92 Å². The van der Waals surface area contributed by atoms with Crippen molar-refractivity contribution in [1.29, 1.82) is 0 Å². The highest BCUT2D eigenvalue weighted by Gasteiger charge is 2.11. The second kappa shape index (κ2) is 7.23. The number of amides is 1. The Labute approximate surface area is 136 Å². The Hall–Kier alpha value is -3.42. The Balaban J connectivity index is 1.92. The van der Waals surface area contributed by atoms with E-state index in [4.69, 9.17) is 9.84 Å². The maximum Gasteiger partial charge on any atom is 0.335 e. The van der Waals surface area contributed by atoms with Gasteiger partial charge in [0.25, 0.3) is 11.6 Å². The number of nitrogens with one attached hydrogen (secondary N) is 1. The number of carboxylic acid groups (broad SMARTS) is 1. The second-order valence-electron chi connectivity index (χ2n) is 4.92. The van der Waals surface area contributed by atoms with Crippen molar-refractivity contribution in [3.05, 3.63) is 63.7 Å². The van der Waals surface area contributed by atoms with Crippen molar-refractivity contribution in [2.75, 3.05) is 11.9 Å². The minimum absolute atomic E-state index is 0.0229.